The van der Waals surface area contributed by atoms with Crippen LogP contribution >= 0.6 is 0 Å². The predicted molar refractivity (Wildman–Crippen MR) is 139 cm³/mol. The standard InChI is InChI=1S/C29H29N3O4/c1-34-24-12-9-20(10-13-24)15-23-19-31(18-22-11-14-25(35-2)16-27(22)36-3)29-30-26(17-28(33)32(23)29)21-7-5-4-6-8-21/h4-16,26H,17-19H2,1-3H3/b23-15-/t26-/m0/s1. The Morgan fingerprint density at radius 2 is 1.64 bits per heavy atom. The molecule has 2 heterocycles. The van der Waals surface area contributed by atoms with Gasteiger partial charge in [0.25, 0.3) is 0 Å². The monoisotopic (exact) mass is 483 g/mol. The van der Waals surface area contributed by atoms with Gasteiger partial charge in [0.1, 0.15) is 17.2 Å². The van der Waals surface area contributed by atoms with Crippen molar-refractivity contribution >= 4 is 17.9 Å². The molecule has 7 nitrogen and oxygen atoms in total. The van der Waals surface area contributed by atoms with Crippen LogP contribution in [0.1, 0.15) is 29.2 Å². The van der Waals surface area contributed by atoms with Crippen LogP contribution < -0.4 is 14.2 Å². The highest BCUT2D eigenvalue weighted by atomic mass is 16.5. The third kappa shape index (κ3) is 4.64. The Balaban J connectivity index is 1.53. The molecule has 0 unspecified atom stereocenters. The summed E-state index contributed by atoms with van der Waals surface area (Å²) in [5.74, 6) is 2.96. The highest BCUT2D eigenvalue weighted by molar-refractivity contribution is 6.04. The fourth-order valence-corrected chi connectivity index (χ4v) is 4.64. The third-order valence-corrected chi connectivity index (χ3v) is 6.50. The molecule has 0 saturated carbocycles. The van der Waals surface area contributed by atoms with E-state index in [0.717, 1.165) is 39.6 Å². The van der Waals surface area contributed by atoms with E-state index in [9.17, 15) is 4.79 Å². The average molecular weight is 484 g/mol. The van der Waals surface area contributed by atoms with Crippen molar-refractivity contribution in [2.24, 2.45) is 4.99 Å². The number of benzene rings is 3. The van der Waals surface area contributed by atoms with Gasteiger partial charge in [-0.3, -0.25) is 9.69 Å². The molecule has 36 heavy (non-hydrogen) atoms. The minimum absolute atomic E-state index is 0.0396. The summed E-state index contributed by atoms with van der Waals surface area (Å²) in [5, 5.41) is 0. The van der Waals surface area contributed by atoms with E-state index in [1.165, 1.54) is 0 Å². The first-order valence-electron chi connectivity index (χ1n) is 11.9. The van der Waals surface area contributed by atoms with Gasteiger partial charge >= 0.3 is 0 Å². The van der Waals surface area contributed by atoms with E-state index in [0.29, 0.717) is 25.5 Å². The van der Waals surface area contributed by atoms with Gasteiger partial charge in [0.15, 0.2) is 0 Å². The van der Waals surface area contributed by atoms with Crippen molar-refractivity contribution in [1.82, 2.24) is 9.80 Å². The lowest BCUT2D eigenvalue weighted by Gasteiger charge is -2.29. The van der Waals surface area contributed by atoms with Gasteiger partial charge in [0.2, 0.25) is 11.9 Å². The minimum Gasteiger partial charge on any atom is -0.497 e. The van der Waals surface area contributed by atoms with Gasteiger partial charge in [0, 0.05) is 23.9 Å². The van der Waals surface area contributed by atoms with Crippen molar-refractivity contribution in [3.05, 3.63) is 95.2 Å². The Morgan fingerprint density at radius 1 is 0.917 bits per heavy atom. The molecule has 0 bridgehead atoms. The Labute approximate surface area is 211 Å². The van der Waals surface area contributed by atoms with Crippen molar-refractivity contribution < 1.29 is 19.0 Å². The van der Waals surface area contributed by atoms with E-state index < -0.39 is 0 Å². The van der Waals surface area contributed by atoms with Gasteiger partial charge in [-0.05, 0) is 41.5 Å². The Bertz CT molecular complexity index is 1300. The van der Waals surface area contributed by atoms with Crippen LogP contribution in [0.15, 0.2) is 83.5 Å². The largest absolute Gasteiger partial charge is 0.497 e. The summed E-state index contributed by atoms with van der Waals surface area (Å²) in [4.78, 5) is 22.4. The molecule has 3 aromatic rings. The molecule has 1 fully saturated rings. The van der Waals surface area contributed by atoms with Crippen LogP contribution in [0.3, 0.4) is 0 Å². The topological polar surface area (TPSA) is 63.6 Å². The van der Waals surface area contributed by atoms with E-state index in [4.69, 9.17) is 19.2 Å². The molecule has 0 N–H and O–H groups in total. The zero-order valence-electron chi connectivity index (χ0n) is 20.7. The predicted octanol–water partition coefficient (Wildman–Crippen LogP) is 4.90. The van der Waals surface area contributed by atoms with Crippen LogP contribution in [-0.2, 0) is 11.3 Å². The highest BCUT2D eigenvalue weighted by Crippen LogP contribution is 2.35. The number of amides is 1. The number of guanidine groups is 1. The number of hydrogen-bond acceptors (Lipinski definition) is 6. The molecule has 7 heteroatoms. The summed E-state index contributed by atoms with van der Waals surface area (Å²) < 4.78 is 16.3. The zero-order valence-corrected chi connectivity index (χ0v) is 20.7. The van der Waals surface area contributed by atoms with E-state index in [1.807, 2.05) is 78.9 Å². The molecule has 3 aromatic carbocycles. The quantitative estimate of drug-likeness (QED) is 0.478. The molecule has 2 aliphatic rings. The van der Waals surface area contributed by atoms with Gasteiger partial charge in [0.05, 0.1) is 40.3 Å². The summed E-state index contributed by atoms with van der Waals surface area (Å²) in [6.07, 6.45) is 2.37. The maximum atomic E-state index is 13.5. The summed E-state index contributed by atoms with van der Waals surface area (Å²) in [7, 11) is 4.93. The van der Waals surface area contributed by atoms with Crippen LogP contribution in [0.2, 0.25) is 0 Å². The van der Waals surface area contributed by atoms with Crippen molar-refractivity contribution in [3.63, 3.8) is 0 Å². The van der Waals surface area contributed by atoms with Gasteiger partial charge in [-0.1, -0.05) is 42.5 Å². The molecule has 1 atom stereocenters. The number of methoxy groups -OCH3 is 3. The second-order valence-corrected chi connectivity index (χ2v) is 8.73. The minimum atomic E-state index is -0.217. The molecule has 2 aliphatic heterocycles. The number of carbonyl (C=O) groups excluding carboxylic acids is 1. The normalized spacial score (nSPS) is 18.2. The first-order valence-corrected chi connectivity index (χ1v) is 11.9. The van der Waals surface area contributed by atoms with Gasteiger partial charge in [-0.25, -0.2) is 4.99 Å². The van der Waals surface area contributed by atoms with Crippen LogP contribution in [0.25, 0.3) is 6.08 Å². The summed E-state index contributed by atoms with van der Waals surface area (Å²) in [5.41, 5.74) is 3.91. The fourth-order valence-electron chi connectivity index (χ4n) is 4.64. The van der Waals surface area contributed by atoms with E-state index in [2.05, 4.69) is 4.90 Å². The Hall–Kier alpha value is -4.26. The van der Waals surface area contributed by atoms with E-state index >= 15 is 0 Å². The molecule has 184 valence electrons. The summed E-state index contributed by atoms with van der Waals surface area (Å²) in [6.45, 7) is 1.09. The molecular formula is C29H29N3O4. The lowest BCUT2D eigenvalue weighted by atomic mass is 10.0. The van der Waals surface area contributed by atoms with Gasteiger partial charge < -0.3 is 19.1 Å². The molecule has 1 saturated heterocycles. The van der Waals surface area contributed by atoms with Crippen LogP contribution in [0.4, 0.5) is 0 Å². The highest BCUT2D eigenvalue weighted by Gasteiger charge is 2.40. The first-order chi connectivity index (χ1) is 17.6. The third-order valence-electron chi connectivity index (χ3n) is 6.50. The molecular weight excluding hydrogens is 454 g/mol. The Morgan fingerprint density at radius 3 is 2.33 bits per heavy atom. The van der Waals surface area contributed by atoms with E-state index in [-0.39, 0.29) is 11.9 Å². The molecule has 0 aromatic heterocycles. The average Bonchev–Trinajstić information content (AvgIpc) is 3.26. The number of rotatable bonds is 7. The first kappa shape index (κ1) is 23.5. The maximum Gasteiger partial charge on any atom is 0.236 e. The van der Waals surface area contributed by atoms with Crippen molar-refractivity contribution in [2.75, 3.05) is 27.9 Å². The number of aliphatic imine (C=N–C) groups is 1. The summed E-state index contributed by atoms with van der Waals surface area (Å²) in [6, 6.07) is 23.4. The molecule has 5 rings (SSSR count). The van der Waals surface area contributed by atoms with Gasteiger partial charge in [-0.2, -0.15) is 0 Å². The van der Waals surface area contributed by atoms with Gasteiger partial charge in [-0.15, -0.1) is 0 Å². The second kappa shape index (κ2) is 10.2. The molecule has 0 spiro atoms. The molecule has 1 amide bonds. The van der Waals surface area contributed by atoms with Crippen molar-refractivity contribution in [3.8, 4) is 17.2 Å². The zero-order chi connectivity index (χ0) is 25.1. The number of nitrogens with zero attached hydrogens (tertiary/aromatic N) is 3. The van der Waals surface area contributed by atoms with Crippen LogP contribution in [0, 0.1) is 0 Å². The molecule has 0 radical (unpaired) electrons. The Kier molecular flexibility index (Phi) is 6.62. The number of hydrogen-bond donors (Lipinski definition) is 0. The number of fused-ring (bicyclic) bond motifs is 1. The van der Waals surface area contributed by atoms with Crippen LogP contribution in [0.5, 0.6) is 17.2 Å². The summed E-state index contributed by atoms with van der Waals surface area (Å²) >= 11 is 0. The second-order valence-electron chi connectivity index (χ2n) is 8.73. The van der Waals surface area contributed by atoms with Crippen molar-refractivity contribution in [1.29, 1.82) is 0 Å². The lowest BCUT2D eigenvalue weighted by molar-refractivity contribution is -0.126. The van der Waals surface area contributed by atoms with Crippen molar-refractivity contribution in [2.45, 2.75) is 19.0 Å². The molecule has 0 aliphatic carbocycles. The maximum absolute atomic E-state index is 13.5. The lowest BCUT2D eigenvalue weighted by Crippen LogP contribution is -2.41. The number of ether oxygens (including phenoxy) is 3. The van der Waals surface area contributed by atoms with E-state index in [1.54, 1.807) is 26.2 Å². The SMILES string of the molecule is COc1ccc(/C=C2/CN(Cc3ccc(OC)cc3OC)C3=N[C@H](c4ccccc4)CC(=O)N32)cc1. The van der Waals surface area contributed by atoms with Crippen LogP contribution in [-0.4, -0.2) is 49.5 Å². The smallest absolute Gasteiger partial charge is 0.236 e. The fraction of sp³-hybridized carbons (Fsp3) is 0.241. The number of carbonyl (C=O) groups is 1.